The van der Waals surface area contributed by atoms with Crippen molar-refractivity contribution in [2.45, 2.75) is 4.90 Å². The van der Waals surface area contributed by atoms with Crippen LogP contribution in [0.25, 0.3) is 17.0 Å². The number of aromatic nitrogens is 3. The van der Waals surface area contributed by atoms with Gasteiger partial charge in [0.1, 0.15) is 6.26 Å². The largest absolute Gasteiger partial charge is 0.610 e. The van der Waals surface area contributed by atoms with Crippen LogP contribution in [0.1, 0.15) is 10.4 Å². The summed E-state index contributed by atoms with van der Waals surface area (Å²) in [6, 6.07) is 9.90. The predicted molar refractivity (Wildman–Crippen MR) is 102 cm³/mol. The van der Waals surface area contributed by atoms with Crippen LogP contribution in [-0.4, -0.2) is 49.9 Å². The predicted octanol–water partition coefficient (Wildman–Crippen LogP) is 2.11. The first-order valence-electron chi connectivity index (χ1n) is 7.82. The van der Waals surface area contributed by atoms with Gasteiger partial charge in [-0.05, 0) is 24.5 Å². The molecule has 1 N–H and O–H groups in total. The highest BCUT2D eigenvalue weighted by molar-refractivity contribution is 7.98. The Balaban J connectivity index is 1.99. The topological polar surface area (TPSA) is 99.4 Å². The van der Waals surface area contributed by atoms with E-state index in [2.05, 4.69) is 15.5 Å². The smallest absolute Gasteiger partial charge is 0.252 e. The van der Waals surface area contributed by atoms with Crippen molar-refractivity contribution in [3.8, 4) is 11.4 Å². The third kappa shape index (κ3) is 3.95. The maximum Gasteiger partial charge on any atom is 0.252 e. The molecule has 0 saturated heterocycles. The molecule has 2 aromatic heterocycles. The van der Waals surface area contributed by atoms with Crippen molar-refractivity contribution in [1.29, 1.82) is 0 Å². The minimum atomic E-state index is -3.33. The molecule has 1 aromatic carbocycles. The van der Waals surface area contributed by atoms with Crippen LogP contribution in [0.2, 0.25) is 0 Å². The molecule has 0 aliphatic carbocycles. The molecule has 136 valence electrons. The molecule has 0 radical (unpaired) electrons. The molecule has 0 aliphatic rings. The van der Waals surface area contributed by atoms with Gasteiger partial charge in [0.05, 0.1) is 15.8 Å². The molecule has 1 unspecified atom stereocenters. The molecule has 26 heavy (non-hydrogen) atoms. The number of rotatable bonds is 6. The van der Waals surface area contributed by atoms with Gasteiger partial charge in [-0.15, -0.1) is 14.4 Å². The summed E-state index contributed by atoms with van der Waals surface area (Å²) < 4.78 is 25.3. The lowest BCUT2D eigenvalue weighted by atomic mass is 10.2. The minimum absolute atomic E-state index is 0.175. The maximum atomic E-state index is 12.3. The van der Waals surface area contributed by atoms with Gasteiger partial charge in [0, 0.05) is 30.1 Å². The highest BCUT2D eigenvalue weighted by atomic mass is 32.3. The fourth-order valence-corrected chi connectivity index (χ4v) is 3.43. The summed E-state index contributed by atoms with van der Waals surface area (Å²) in [5.74, 6) is 1.14. The number of hydrogen-bond donors (Lipinski definition) is 1. The molecule has 0 spiro atoms. The summed E-state index contributed by atoms with van der Waals surface area (Å²) in [7, 11) is -3.33. The Bertz CT molecular complexity index is 997. The number of sulfone groups is 1. The first-order valence-corrected chi connectivity index (χ1v) is 11.1. The quantitative estimate of drug-likeness (QED) is 0.511. The number of nitrogens with one attached hydrogen (secondary N) is 1. The molecule has 0 bridgehead atoms. The lowest BCUT2D eigenvalue weighted by molar-refractivity contribution is 0.0955. The molecule has 2 heterocycles. The third-order valence-corrected chi connectivity index (χ3v) is 5.50. The van der Waals surface area contributed by atoms with E-state index >= 15 is 0 Å². The number of carbonyl (C=O) groups is 1. The molecule has 1 atom stereocenters. The summed E-state index contributed by atoms with van der Waals surface area (Å²) in [5, 5.41) is 11.1. The van der Waals surface area contributed by atoms with E-state index in [4.69, 9.17) is 0 Å². The molecule has 9 heteroatoms. The maximum absolute atomic E-state index is 12.3. The minimum Gasteiger partial charge on any atom is -0.610 e. The Morgan fingerprint density at radius 1 is 1.31 bits per heavy atom. The molecule has 3 aromatic rings. The fraction of sp³-hybridized carbons (Fsp3) is 0.235. The third-order valence-electron chi connectivity index (χ3n) is 3.78. The number of hydrogen-bond acceptors (Lipinski definition) is 6. The average molecular weight is 390 g/mol. The van der Waals surface area contributed by atoms with Gasteiger partial charge < -0.3 is 9.87 Å². The summed E-state index contributed by atoms with van der Waals surface area (Å²) in [4.78, 5) is 12.5. The van der Waals surface area contributed by atoms with Crippen molar-refractivity contribution in [1.82, 2.24) is 19.9 Å². The van der Waals surface area contributed by atoms with Crippen molar-refractivity contribution in [3.63, 3.8) is 0 Å². The van der Waals surface area contributed by atoms with Crippen LogP contribution in [0.5, 0.6) is 0 Å². The van der Waals surface area contributed by atoms with Gasteiger partial charge in [0.2, 0.25) is 0 Å². The van der Waals surface area contributed by atoms with Crippen molar-refractivity contribution in [2.24, 2.45) is 0 Å². The van der Waals surface area contributed by atoms with Gasteiger partial charge in [-0.1, -0.05) is 12.1 Å². The van der Waals surface area contributed by atoms with Gasteiger partial charge in [0.25, 0.3) is 5.91 Å². The van der Waals surface area contributed by atoms with E-state index in [0.29, 0.717) is 29.1 Å². The van der Waals surface area contributed by atoms with E-state index in [0.717, 1.165) is 12.0 Å². The monoisotopic (exact) mass is 390 g/mol. The van der Waals surface area contributed by atoms with Crippen LogP contribution in [0.3, 0.4) is 0 Å². The molecule has 0 aliphatic heterocycles. The van der Waals surface area contributed by atoms with E-state index in [1.807, 2.05) is 6.26 Å². The zero-order valence-electron chi connectivity index (χ0n) is 14.3. The Morgan fingerprint density at radius 3 is 2.85 bits per heavy atom. The van der Waals surface area contributed by atoms with Gasteiger partial charge in [0.15, 0.2) is 16.4 Å². The van der Waals surface area contributed by atoms with E-state index in [1.165, 1.54) is 6.07 Å². The van der Waals surface area contributed by atoms with E-state index in [-0.39, 0.29) is 10.8 Å². The number of amides is 1. The molecule has 1 amide bonds. The standard InChI is InChI=1S/C17H18N4O3S2/c1-25-9-8-18-17(22)13-6-7-15-19-20-16(21(15)11-13)12-4-3-5-14(10-12)26(2,23)24/h3-7,10-11H,8-9H2,1-2H3,(H-,18,22,23,24). The zero-order chi connectivity index (χ0) is 18.7. The van der Waals surface area contributed by atoms with Crippen molar-refractivity contribution >= 4 is 33.5 Å². The molecular formula is C17H18N4O3S2. The Labute approximate surface area is 156 Å². The molecular weight excluding hydrogens is 372 g/mol. The van der Waals surface area contributed by atoms with Crippen LogP contribution >= 0.6 is 11.8 Å². The number of fused-ring (bicyclic) bond motifs is 1. The zero-order valence-corrected chi connectivity index (χ0v) is 16.0. The van der Waals surface area contributed by atoms with Gasteiger partial charge >= 0.3 is 0 Å². The number of thioether (sulfide) groups is 1. The first-order chi connectivity index (χ1) is 12.4. The van der Waals surface area contributed by atoms with Crippen LogP contribution in [0, 0.1) is 0 Å². The number of nitrogens with zero attached hydrogens (tertiary/aromatic N) is 3. The van der Waals surface area contributed by atoms with Gasteiger partial charge in [-0.3, -0.25) is 9.20 Å². The average Bonchev–Trinajstić information content (AvgIpc) is 3.04. The molecule has 7 nitrogen and oxygen atoms in total. The Morgan fingerprint density at radius 2 is 2.12 bits per heavy atom. The fourth-order valence-electron chi connectivity index (χ4n) is 2.46. The lowest BCUT2D eigenvalue weighted by Gasteiger charge is -2.09. The molecule has 0 saturated carbocycles. The van der Waals surface area contributed by atoms with E-state index in [1.54, 1.807) is 52.7 Å². The molecule has 0 fully saturated rings. The summed E-state index contributed by atoms with van der Waals surface area (Å²) >= 11 is 1.66. The Hall–Kier alpha value is -2.23. The number of carbonyl (C=O) groups excluding carboxylic acids is 1. The Kier molecular flexibility index (Phi) is 5.40. The highest BCUT2D eigenvalue weighted by Gasteiger charge is 2.16. The van der Waals surface area contributed by atoms with Crippen LogP contribution in [0.15, 0.2) is 47.5 Å². The molecule has 3 rings (SSSR count). The van der Waals surface area contributed by atoms with Crippen molar-refractivity contribution < 1.29 is 13.6 Å². The van der Waals surface area contributed by atoms with Gasteiger partial charge in [-0.25, -0.2) is 0 Å². The second-order valence-electron chi connectivity index (χ2n) is 5.72. The SMILES string of the molecule is CSCCNC(=O)c1ccc2nnc(-c3cccc([S+](C)(=O)[O-])c3)n2c1. The van der Waals surface area contributed by atoms with Crippen molar-refractivity contribution in [3.05, 3.63) is 48.2 Å². The van der Waals surface area contributed by atoms with Gasteiger partial charge in [-0.2, -0.15) is 11.8 Å². The highest BCUT2D eigenvalue weighted by Crippen LogP contribution is 2.23. The normalized spacial score (nSPS) is 13.5. The van der Waals surface area contributed by atoms with Crippen LogP contribution < -0.4 is 5.32 Å². The van der Waals surface area contributed by atoms with Crippen LogP contribution in [-0.2, 0) is 14.4 Å². The van der Waals surface area contributed by atoms with E-state index in [9.17, 15) is 13.6 Å². The second-order valence-corrected chi connectivity index (χ2v) is 8.72. The number of benzene rings is 1. The summed E-state index contributed by atoms with van der Waals surface area (Å²) in [6.45, 7) is 0.587. The van der Waals surface area contributed by atoms with E-state index < -0.39 is 10.2 Å². The lowest BCUT2D eigenvalue weighted by Crippen LogP contribution is -2.25. The summed E-state index contributed by atoms with van der Waals surface area (Å²) in [5.41, 5.74) is 1.67. The first kappa shape index (κ1) is 18.6. The summed E-state index contributed by atoms with van der Waals surface area (Å²) in [6.07, 6.45) is 4.80. The number of pyridine rings is 1. The van der Waals surface area contributed by atoms with Crippen LogP contribution in [0.4, 0.5) is 0 Å². The van der Waals surface area contributed by atoms with Crippen molar-refractivity contribution in [2.75, 3.05) is 24.8 Å². The second kappa shape index (κ2) is 7.56.